The zero-order valence-corrected chi connectivity index (χ0v) is 14.8. The molecule has 1 saturated carbocycles. The zero-order chi connectivity index (χ0) is 17.3. The van der Waals surface area contributed by atoms with Crippen molar-refractivity contribution in [3.8, 4) is 0 Å². The maximum absolute atomic E-state index is 12.4. The summed E-state index contributed by atoms with van der Waals surface area (Å²) < 4.78 is 10.2. The van der Waals surface area contributed by atoms with E-state index in [9.17, 15) is 9.59 Å². The maximum Gasteiger partial charge on any atom is 0.341 e. The topological polar surface area (TPSA) is 81.4 Å². The third-order valence-corrected chi connectivity index (χ3v) is 5.00. The van der Waals surface area contributed by atoms with Crippen molar-refractivity contribution in [1.29, 1.82) is 0 Å². The summed E-state index contributed by atoms with van der Waals surface area (Å²) in [5.74, 6) is 0.486. The smallest absolute Gasteiger partial charge is 0.341 e. The SMILES string of the molecule is CCOC(=O)c1c(C2CC2)csc1NC(=O)Cc1c(C)noc1C. The van der Waals surface area contributed by atoms with E-state index in [2.05, 4.69) is 10.5 Å². The summed E-state index contributed by atoms with van der Waals surface area (Å²) in [6.07, 6.45) is 2.32. The number of anilines is 1. The number of rotatable bonds is 6. The van der Waals surface area contributed by atoms with E-state index < -0.39 is 0 Å². The van der Waals surface area contributed by atoms with E-state index in [0.29, 0.717) is 34.5 Å². The van der Waals surface area contributed by atoms with Crippen LogP contribution in [0.1, 0.15) is 58.6 Å². The van der Waals surface area contributed by atoms with E-state index in [1.165, 1.54) is 11.3 Å². The molecule has 0 spiro atoms. The minimum atomic E-state index is -0.367. The highest BCUT2D eigenvalue weighted by Gasteiger charge is 2.32. The molecule has 1 N–H and O–H groups in total. The summed E-state index contributed by atoms with van der Waals surface area (Å²) >= 11 is 1.38. The first-order chi connectivity index (χ1) is 11.5. The number of aryl methyl sites for hydroxylation is 2. The predicted octanol–water partition coefficient (Wildman–Crippen LogP) is 3.59. The number of carbonyl (C=O) groups is 2. The van der Waals surface area contributed by atoms with Crippen LogP contribution in [0.2, 0.25) is 0 Å². The van der Waals surface area contributed by atoms with Gasteiger partial charge in [-0.2, -0.15) is 0 Å². The van der Waals surface area contributed by atoms with Crippen LogP contribution in [-0.4, -0.2) is 23.6 Å². The van der Waals surface area contributed by atoms with Gasteiger partial charge in [0.05, 0.1) is 24.3 Å². The molecule has 1 aliphatic rings. The highest BCUT2D eigenvalue weighted by atomic mass is 32.1. The molecule has 1 aliphatic carbocycles. The number of nitrogens with one attached hydrogen (secondary N) is 1. The van der Waals surface area contributed by atoms with Crippen molar-refractivity contribution in [2.24, 2.45) is 0 Å². The Balaban J connectivity index is 1.79. The summed E-state index contributed by atoms with van der Waals surface area (Å²) in [5, 5.41) is 9.23. The minimum Gasteiger partial charge on any atom is -0.462 e. The van der Waals surface area contributed by atoms with Crippen LogP contribution in [0.4, 0.5) is 5.00 Å². The molecule has 2 heterocycles. The number of hydrogen-bond donors (Lipinski definition) is 1. The summed E-state index contributed by atoms with van der Waals surface area (Å²) in [5.41, 5.74) is 2.99. The Bertz CT molecular complexity index is 754. The zero-order valence-electron chi connectivity index (χ0n) is 14.0. The van der Waals surface area contributed by atoms with E-state index in [0.717, 1.165) is 24.0 Å². The highest BCUT2D eigenvalue weighted by Crippen LogP contribution is 2.46. The van der Waals surface area contributed by atoms with Gasteiger partial charge in [0, 0.05) is 5.56 Å². The van der Waals surface area contributed by atoms with Crippen molar-refractivity contribution in [3.63, 3.8) is 0 Å². The molecule has 7 heteroatoms. The molecule has 1 amide bonds. The Hall–Kier alpha value is -2.15. The average Bonchev–Trinajstić information content (AvgIpc) is 3.24. The normalized spacial score (nSPS) is 13.8. The molecule has 0 bridgehead atoms. The number of hydrogen-bond acceptors (Lipinski definition) is 6. The largest absolute Gasteiger partial charge is 0.462 e. The number of ether oxygens (including phenoxy) is 1. The van der Waals surface area contributed by atoms with E-state index in [1.54, 1.807) is 20.8 Å². The molecule has 2 aromatic rings. The first-order valence-electron chi connectivity index (χ1n) is 8.01. The molecular weight excluding hydrogens is 328 g/mol. The van der Waals surface area contributed by atoms with Crippen LogP contribution in [0.3, 0.4) is 0 Å². The van der Waals surface area contributed by atoms with E-state index in [4.69, 9.17) is 9.26 Å². The molecule has 0 radical (unpaired) electrons. The number of thiophene rings is 1. The van der Waals surface area contributed by atoms with Gasteiger partial charge in [-0.1, -0.05) is 5.16 Å². The third kappa shape index (κ3) is 3.36. The van der Waals surface area contributed by atoms with Crippen molar-refractivity contribution in [3.05, 3.63) is 33.5 Å². The van der Waals surface area contributed by atoms with Crippen LogP contribution >= 0.6 is 11.3 Å². The monoisotopic (exact) mass is 348 g/mol. The standard InChI is InChI=1S/C17H20N2O4S/c1-4-22-17(21)15-13(11-5-6-11)8-24-16(15)18-14(20)7-12-9(2)19-23-10(12)3/h8,11H,4-7H2,1-3H3,(H,18,20). The van der Waals surface area contributed by atoms with Crippen molar-refractivity contribution < 1.29 is 18.8 Å². The Morgan fingerprint density at radius 3 is 2.75 bits per heavy atom. The lowest BCUT2D eigenvalue weighted by Crippen LogP contribution is -2.17. The Morgan fingerprint density at radius 1 is 1.42 bits per heavy atom. The summed E-state index contributed by atoms with van der Waals surface area (Å²) in [6, 6.07) is 0. The van der Waals surface area contributed by atoms with Crippen molar-refractivity contribution in [2.45, 2.75) is 46.0 Å². The third-order valence-electron chi connectivity index (χ3n) is 4.09. The highest BCUT2D eigenvalue weighted by molar-refractivity contribution is 7.15. The summed E-state index contributed by atoms with van der Waals surface area (Å²) in [4.78, 5) is 24.7. The molecule has 128 valence electrons. The number of carbonyl (C=O) groups excluding carboxylic acids is 2. The van der Waals surface area contributed by atoms with Gasteiger partial charge in [-0.3, -0.25) is 4.79 Å². The molecule has 3 rings (SSSR count). The summed E-state index contributed by atoms with van der Waals surface area (Å²) in [6.45, 7) is 5.67. The molecule has 24 heavy (non-hydrogen) atoms. The molecule has 0 aliphatic heterocycles. The molecule has 0 aromatic carbocycles. The van der Waals surface area contributed by atoms with Crippen LogP contribution < -0.4 is 5.32 Å². The van der Waals surface area contributed by atoms with E-state index in [-0.39, 0.29) is 18.3 Å². The van der Waals surface area contributed by atoms with Gasteiger partial charge in [0.1, 0.15) is 10.8 Å². The molecular formula is C17H20N2O4S. The average molecular weight is 348 g/mol. The molecule has 2 aromatic heterocycles. The van der Waals surface area contributed by atoms with Crippen LogP contribution in [0, 0.1) is 13.8 Å². The lowest BCUT2D eigenvalue weighted by Gasteiger charge is -2.08. The van der Waals surface area contributed by atoms with Crippen LogP contribution in [-0.2, 0) is 16.0 Å². The van der Waals surface area contributed by atoms with E-state index >= 15 is 0 Å². The second-order valence-electron chi connectivity index (χ2n) is 5.92. The first kappa shape index (κ1) is 16.7. The fourth-order valence-electron chi connectivity index (χ4n) is 2.66. The second kappa shape index (κ2) is 6.76. The Morgan fingerprint density at radius 2 is 2.17 bits per heavy atom. The van der Waals surface area contributed by atoms with Crippen LogP contribution in [0.5, 0.6) is 0 Å². The van der Waals surface area contributed by atoms with E-state index in [1.807, 2.05) is 5.38 Å². The van der Waals surface area contributed by atoms with Crippen molar-refractivity contribution in [2.75, 3.05) is 11.9 Å². The first-order valence-corrected chi connectivity index (χ1v) is 8.89. The number of nitrogens with zero attached hydrogens (tertiary/aromatic N) is 1. The molecule has 0 atom stereocenters. The molecule has 0 unspecified atom stereocenters. The number of esters is 1. The lowest BCUT2D eigenvalue weighted by molar-refractivity contribution is -0.115. The minimum absolute atomic E-state index is 0.167. The number of aromatic nitrogens is 1. The van der Waals surface area contributed by atoms with Crippen LogP contribution in [0.15, 0.2) is 9.90 Å². The van der Waals surface area contributed by atoms with Gasteiger partial charge >= 0.3 is 5.97 Å². The van der Waals surface area contributed by atoms with Gasteiger partial charge in [0.15, 0.2) is 0 Å². The summed E-state index contributed by atoms with van der Waals surface area (Å²) in [7, 11) is 0. The quantitative estimate of drug-likeness (QED) is 0.807. The maximum atomic E-state index is 12.4. The van der Waals surface area contributed by atoms with Gasteiger partial charge in [0.25, 0.3) is 0 Å². The molecule has 1 fully saturated rings. The van der Waals surface area contributed by atoms with Crippen molar-refractivity contribution >= 4 is 28.2 Å². The fraction of sp³-hybridized carbons (Fsp3) is 0.471. The Labute approximate surface area is 144 Å². The van der Waals surface area contributed by atoms with Gasteiger partial charge in [-0.15, -0.1) is 11.3 Å². The number of amides is 1. The lowest BCUT2D eigenvalue weighted by atomic mass is 10.1. The molecule has 0 saturated heterocycles. The van der Waals surface area contributed by atoms with Gasteiger partial charge < -0.3 is 14.6 Å². The van der Waals surface area contributed by atoms with Crippen molar-refractivity contribution in [1.82, 2.24) is 5.16 Å². The Kier molecular flexibility index (Phi) is 4.71. The van der Waals surface area contributed by atoms with Crippen LogP contribution in [0.25, 0.3) is 0 Å². The fourth-order valence-corrected chi connectivity index (χ4v) is 3.70. The molecule has 6 nitrogen and oxygen atoms in total. The van der Waals surface area contributed by atoms with Gasteiger partial charge in [-0.25, -0.2) is 4.79 Å². The van der Waals surface area contributed by atoms with Gasteiger partial charge in [-0.05, 0) is 50.5 Å². The predicted molar refractivity (Wildman–Crippen MR) is 90.6 cm³/mol. The second-order valence-corrected chi connectivity index (χ2v) is 6.80. The van der Waals surface area contributed by atoms with Gasteiger partial charge in [0.2, 0.25) is 5.91 Å².